The first-order valence-corrected chi connectivity index (χ1v) is 15.8. The van der Waals surface area contributed by atoms with E-state index in [1.165, 1.54) is 0 Å². The molecular weight excluding hydrogens is 527 g/mol. The maximum atomic E-state index is 13.4. The van der Waals surface area contributed by atoms with E-state index in [0.29, 0.717) is 0 Å². The summed E-state index contributed by atoms with van der Waals surface area (Å²) in [6.07, 6.45) is 0.120. The molecule has 0 saturated carbocycles. The van der Waals surface area contributed by atoms with E-state index in [9.17, 15) is 9.59 Å². The maximum Gasteiger partial charge on any atom is 0.318 e. The van der Waals surface area contributed by atoms with Crippen molar-refractivity contribution in [2.24, 2.45) is 0 Å². The third-order valence-corrected chi connectivity index (χ3v) is 9.06. The topological polar surface area (TPSA) is 61.8 Å². The Kier molecular flexibility index (Phi) is 8.65. The number of rotatable bonds is 8. The second kappa shape index (κ2) is 10.8. The molecule has 35 heavy (non-hydrogen) atoms. The summed E-state index contributed by atoms with van der Waals surface area (Å²) < 4.78 is 15.4. The Hall–Kier alpha value is -1.57. The van der Waals surface area contributed by atoms with Crippen LogP contribution >= 0.6 is 34.8 Å². The monoisotopic (exact) mass is 556 g/mol. The first kappa shape index (κ1) is 28.0. The molecule has 5 nitrogen and oxygen atoms in total. The Labute approximate surface area is 223 Å². The standard InChI is InChI=1S/C26H31Cl3O5Si/c1-25(2,3)34-24(31)22(35(4,5)16-32-15-26(27,28)29)23(30)33-14-21-19-12-8-6-10-17(19)18-11-7-9-13-20(18)21/h6-13,21-22H,14-16H2,1-5H3. The normalized spacial score (nSPS) is 14.7. The van der Waals surface area contributed by atoms with Gasteiger partial charge in [-0.15, -0.1) is 0 Å². The van der Waals surface area contributed by atoms with Crippen molar-refractivity contribution in [3.8, 4) is 11.1 Å². The van der Waals surface area contributed by atoms with Crippen molar-refractivity contribution in [2.75, 3.05) is 19.4 Å². The summed E-state index contributed by atoms with van der Waals surface area (Å²) in [7, 11) is -2.73. The molecule has 1 unspecified atom stereocenters. The van der Waals surface area contributed by atoms with Crippen LogP contribution in [0.2, 0.25) is 18.6 Å². The van der Waals surface area contributed by atoms with Gasteiger partial charge in [-0.05, 0) is 43.0 Å². The minimum Gasteiger partial charge on any atom is -0.464 e. The molecule has 9 heteroatoms. The maximum absolute atomic E-state index is 13.4. The molecule has 3 rings (SSSR count). The minimum absolute atomic E-state index is 0.115. The Morgan fingerprint density at radius 1 is 0.914 bits per heavy atom. The number of alkyl halides is 3. The van der Waals surface area contributed by atoms with Crippen molar-refractivity contribution in [3.05, 3.63) is 59.7 Å². The highest BCUT2D eigenvalue weighted by Crippen LogP contribution is 2.44. The fraction of sp³-hybridized carbons (Fsp3) is 0.462. The van der Waals surface area contributed by atoms with Crippen molar-refractivity contribution in [3.63, 3.8) is 0 Å². The Balaban J connectivity index is 1.81. The van der Waals surface area contributed by atoms with Gasteiger partial charge in [-0.2, -0.15) is 0 Å². The van der Waals surface area contributed by atoms with E-state index < -0.39 is 34.9 Å². The number of hydrogen-bond acceptors (Lipinski definition) is 5. The van der Waals surface area contributed by atoms with Gasteiger partial charge in [0, 0.05) is 12.1 Å². The number of carbonyl (C=O) groups excluding carboxylic acids is 2. The molecule has 2 aromatic carbocycles. The highest BCUT2D eigenvalue weighted by Gasteiger charge is 2.47. The fourth-order valence-electron chi connectivity index (χ4n) is 4.30. The zero-order valence-corrected chi connectivity index (χ0v) is 23.8. The molecular formula is C26H31Cl3O5Si. The van der Waals surface area contributed by atoms with Crippen LogP contribution in [0, 0.1) is 0 Å². The largest absolute Gasteiger partial charge is 0.464 e. The van der Waals surface area contributed by atoms with E-state index in [1.807, 2.05) is 49.5 Å². The van der Waals surface area contributed by atoms with Crippen LogP contribution in [0.15, 0.2) is 48.5 Å². The predicted molar refractivity (Wildman–Crippen MR) is 143 cm³/mol. The molecule has 1 aliphatic carbocycles. The lowest BCUT2D eigenvalue weighted by molar-refractivity contribution is -0.162. The molecule has 0 bridgehead atoms. The van der Waals surface area contributed by atoms with Gasteiger partial charge in [0.25, 0.3) is 0 Å². The smallest absolute Gasteiger partial charge is 0.318 e. The lowest BCUT2D eigenvalue weighted by atomic mass is 9.98. The average Bonchev–Trinajstić information content (AvgIpc) is 3.03. The number of benzene rings is 2. The molecule has 0 spiro atoms. The van der Waals surface area contributed by atoms with Gasteiger partial charge in [-0.25, -0.2) is 0 Å². The Bertz CT molecular complexity index is 1030. The molecule has 2 aromatic rings. The van der Waals surface area contributed by atoms with Gasteiger partial charge < -0.3 is 14.2 Å². The summed E-state index contributed by atoms with van der Waals surface area (Å²) in [5, 5.41) is 0. The van der Waals surface area contributed by atoms with Crippen molar-refractivity contribution in [2.45, 2.75) is 54.7 Å². The fourth-order valence-corrected chi connectivity index (χ4v) is 6.74. The Morgan fingerprint density at radius 3 is 1.91 bits per heavy atom. The van der Waals surface area contributed by atoms with E-state index >= 15 is 0 Å². The van der Waals surface area contributed by atoms with Crippen LogP contribution in [0.1, 0.15) is 37.8 Å². The second-order valence-electron chi connectivity index (χ2n) is 10.4. The molecule has 0 heterocycles. The van der Waals surface area contributed by atoms with Gasteiger partial charge in [-0.1, -0.05) is 96.4 Å². The molecule has 0 amide bonds. The SMILES string of the molecule is CC(C)(C)OC(=O)C(C(=O)OCC1c2ccccc2-c2ccccc21)[Si](C)(C)COCC(Cl)(Cl)Cl. The van der Waals surface area contributed by atoms with Gasteiger partial charge in [0.2, 0.25) is 3.79 Å². The number of halogens is 3. The van der Waals surface area contributed by atoms with E-state index in [4.69, 9.17) is 49.0 Å². The molecule has 190 valence electrons. The number of hydrogen-bond donors (Lipinski definition) is 0. The molecule has 0 radical (unpaired) electrons. The van der Waals surface area contributed by atoms with Gasteiger partial charge >= 0.3 is 11.9 Å². The van der Waals surface area contributed by atoms with Gasteiger partial charge in [0.1, 0.15) is 25.8 Å². The molecule has 0 aliphatic heterocycles. The van der Waals surface area contributed by atoms with Crippen molar-refractivity contribution in [1.29, 1.82) is 0 Å². The average molecular weight is 558 g/mol. The summed E-state index contributed by atoms with van der Waals surface area (Å²) in [5.74, 6) is -1.35. The molecule has 1 aliphatic rings. The molecule has 0 saturated heterocycles. The summed E-state index contributed by atoms with van der Waals surface area (Å²) in [6, 6.07) is 16.2. The van der Waals surface area contributed by atoms with Gasteiger partial charge in [-0.3, -0.25) is 9.59 Å². The molecule has 0 aromatic heterocycles. The van der Waals surface area contributed by atoms with Crippen LogP contribution < -0.4 is 0 Å². The molecule has 0 N–H and O–H groups in total. The van der Waals surface area contributed by atoms with E-state index in [2.05, 4.69) is 12.1 Å². The number of fused-ring (bicyclic) bond motifs is 3. The van der Waals surface area contributed by atoms with Crippen molar-refractivity contribution < 1.29 is 23.8 Å². The zero-order chi connectivity index (χ0) is 26.0. The van der Waals surface area contributed by atoms with Crippen LogP contribution in [0.5, 0.6) is 0 Å². The lowest BCUT2D eigenvalue weighted by Gasteiger charge is -2.32. The third-order valence-electron chi connectivity index (χ3n) is 5.75. The predicted octanol–water partition coefficient (Wildman–Crippen LogP) is 6.69. The minimum atomic E-state index is -2.73. The highest BCUT2D eigenvalue weighted by atomic mass is 35.6. The molecule has 0 fully saturated rings. The number of esters is 2. The summed E-state index contributed by atoms with van der Waals surface area (Å²) in [5.41, 5.74) is 2.59. The second-order valence-corrected chi connectivity index (χ2v) is 17.8. The lowest BCUT2D eigenvalue weighted by Crippen LogP contribution is -2.49. The quantitative estimate of drug-likeness (QED) is 0.157. The van der Waals surface area contributed by atoms with Gasteiger partial charge in [0.05, 0.1) is 6.61 Å². The van der Waals surface area contributed by atoms with E-state index in [1.54, 1.807) is 20.8 Å². The van der Waals surface area contributed by atoms with Crippen molar-refractivity contribution >= 4 is 54.8 Å². The highest BCUT2D eigenvalue weighted by molar-refractivity contribution is 6.84. The third kappa shape index (κ3) is 7.23. The first-order chi connectivity index (χ1) is 16.2. The molecule has 1 atom stereocenters. The van der Waals surface area contributed by atoms with Crippen LogP contribution in [-0.4, -0.2) is 48.8 Å². The van der Waals surface area contributed by atoms with Crippen LogP contribution in [0.25, 0.3) is 11.1 Å². The summed E-state index contributed by atoms with van der Waals surface area (Å²) >= 11 is 17.4. The van der Waals surface area contributed by atoms with Crippen LogP contribution in [0.3, 0.4) is 0 Å². The summed E-state index contributed by atoms with van der Waals surface area (Å²) in [6.45, 7) is 8.96. The van der Waals surface area contributed by atoms with Crippen molar-refractivity contribution in [1.82, 2.24) is 0 Å². The summed E-state index contributed by atoms with van der Waals surface area (Å²) in [4.78, 5) is 26.6. The zero-order valence-electron chi connectivity index (χ0n) is 20.6. The first-order valence-electron chi connectivity index (χ1n) is 11.4. The van der Waals surface area contributed by atoms with E-state index in [0.717, 1.165) is 22.3 Å². The number of carbonyl (C=O) groups is 2. The van der Waals surface area contributed by atoms with E-state index in [-0.39, 0.29) is 25.4 Å². The van der Waals surface area contributed by atoms with Gasteiger partial charge in [0.15, 0.2) is 0 Å². The Morgan fingerprint density at radius 2 is 1.43 bits per heavy atom. The van der Waals surface area contributed by atoms with Crippen LogP contribution in [0.4, 0.5) is 0 Å². The van der Waals surface area contributed by atoms with Crippen LogP contribution in [-0.2, 0) is 23.8 Å². The number of ether oxygens (including phenoxy) is 3.